The standard InChI is InChI=1S/C14H17FO2/c1-10(16)12-3-2-4-13(9-12)14(15)11-5-7-17-8-6-11/h2-4,9,11,14H,5-8H2,1H3. The fraction of sp³-hybridized carbons (Fsp3) is 0.500. The summed E-state index contributed by atoms with van der Waals surface area (Å²) in [5, 5.41) is 0. The van der Waals surface area contributed by atoms with Gasteiger partial charge in [0.05, 0.1) is 0 Å². The average Bonchev–Trinajstić information content (AvgIpc) is 2.39. The molecule has 1 saturated heterocycles. The predicted molar refractivity (Wildman–Crippen MR) is 63.8 cm³/mol. The maximum absolute atomic E-state index is 14.3. The molecule has 0 aromatic heterocycles. The second kappa shape index (κ2) is 5.41. The Balaban J connectivity index is 2.14. The molecule has 1 unspecified atom stereocenters. The van der Waals surface area contributed by atoms with Crippen molar-refractivity contribution in [2.75, 3.05) is 13.2 Å². The van der Waals surface area contributed by atoms with Gasteiger partial charge in [-0.05, 0) is 37.3 Å². The van der Waals surface area contributed by atoms with Crippen LogP contribution in [-0.4, -0.2) is 19.0 Å². The molecule has 0 saturated carbocycles. The van der Waals surface area contributed by atoms with Crippen LogP contribution in [0, 0.1) is 5.92 Å². The zero-order valence-electron chi connectivity index (χ0n) is 9.99. The first-order chi connectivity index (χ1) is 8.18. The molecule has 17 heavy (non-hydrogen) atoms. The molecule has 1 aromatic carbocycles. The molecule has 1 aliphatic rings. The highest BCUT2D eigenvalue weighted by atomic mass is 19.1. The third-order valence-electron chi connectivity index (χ3n) is 3.29. The highest BCUT2D eigenvalue weighted by molar-refractivity contribution is 5.94. The van der Waals surface area contributed by atoms with E-state index in [0.717, 1.165) is 12.8 Å². The number of ether oxygens (including phenoxy) is 1. The topological polar surface area (TPSA) is 26.3 Å². The number of alkyl halides is 1. The molecule has 0 N–H and O–H groups in total. The van der Waals surface area contributed by atoms with Crippen molar-refractivity contribution < 1.29 is 13.9 Å². The second-order valence-electron chi connectivity index (χ2n) is 4.53. The molecule has 1 fully saturated rings. The maximum atomic E-state index is 14.3. The monoisotopic (exact) mass is 236 g/mol. The van der Waals surface area contributed by atoms with Gasteiger partial charge in [0.1, 0.15) is 6.17 Å². The van der Waals surface area contributed by atoms with Crippen molar-refractivity contribution in [2.45, 2.75) is 25.9 Å². The van der Waals surface area contributed by atoms with Crippen molar-refractivity contribution in [1.29, 1.82) is 0 Å². The minimum absolute atomic E-state index is 0.0194. The first-order valence-electron chi connectivity index (χ1n) is 6.01. The molecule has 0 spiro atoms. The van der Waals surface area contributed by atoms with Crippen molar-refractivity contribution in [3.8, 4) is 0 Å². The van der Waals surface area contributed by atoms with Crippen LogP contribution in [-0.2, 0) is 4.74 Å². The van der Waals surface area contributed by atoms with E-state index in [-0.39, 0.29) is 11.7 Å². The molecule has 92 valence electrons. The van der Waals surface area contributed by atoms with Crippen LogP contribution in [0.4, 0.5) is 4.39 Å². The first-order valence-corrected chi connectivity index (χ1v) is 6.01. The van der Waals surface area contributed by atoms with Crippen molar-refractivity contribution in [3.63, 3.8) is 0 Å². The Hall–Kier alpha value is -1.22. The Bertz CT molecular complexity index is 397. The van der Waals surface area contributed by atoms with Gasteiger partial charge in [0.25, 0.3) is 0 Å². The van der Waals surface area contributed by atoms with Crippen LogP contribution in [0.5, 0.6) is 0 Å². The summed E-state index contributed by atoms with van der Waals surface area (Å²) in [4.78, 5) is 11.3. The van der Waals surface area contributed by atoms with E-state index in [1.807, 2.05) is 0 Å². The fourth-order valence-corrected chi connectivity index (χ4v) is 2.21. The van der Waals surface area contributed by atoms with Gasteiger partial charge >= 0.3 is 0 Å². The number of carbonyl (C=O) groups excluding carboxylic acids is 1. The molecule has 1 heterocycles. The third-order valence-corrected chi connectivity index (χ3v) is 3.29. The van der Waals surface area contributed by atoms with Crippen molar-refractivity contribution in [2.24, 2.45) is 5.92 Å². The Morgan fingerprint density at radius 3 is 2.76 bits per heavy atom. The quantitative estimate of drug-likeness (QED) is 0.752. The summed E-state index contributed by atoms with van der Waals surface area (Å²) < 4.78 is 19.5. The SMILES string of the molecule is CC(=O)c1cccc(C(F)C2CCOCC2)c1. The van der Waals surface area contributed by atoms with E-state index in [1.54, 1.807) is 24.3 Å². The van der Waals surface area contributed by atoms with Crippen molar-refractivity contribution >= 4 is 5.78 Å². The van der Waals surface area contributed by atoms with E-state index in [4.69, 9.17) is 4.74 Å². The maximum Gasteiger partial charge on any atom is 0.159 e. The van der Waals surface area contributed by atoms with Gasteiger partial charge in [0.15, 0.2) is 5.78 Å². The lowest BCUT2D eigenvalue weighted by Gasteiger charge is -2.25. The molecule has 1 aromatic rings. The number of benzene rings is 1. The summed E-state index contributed by atoms with van der Waals surface area (Å²) in [6.07, 6.45) is 0.523. The molecule has 0 radical (unpaired) electrons. The largest absolute Gasteiger partial charge is 0.381 e. The molecular weight excluding hydrogens is 219 g/mol. The first kappa shape index (κ1) is 12.2. The smallest absolute Gasteiger partial charge is 0.159 e. The zero-order valence-corrected chi connectivity index (χ0v) is 9.99. The molecule has 0 amide bonds. The van der Waals surface area contributed by atoms with Crippen molar-refractivity contribution in [3.05, 3.63) is 35.4 Å². The number of rotatable bonds is 3. The summed E-state index contributed by atoms with van der Waals surface area (Å²) in [7, 11) is 0. The highest BCUT2D eigenvalue weighted by Gasteiger charge is 2.25. The van der Waals surface area contributed by atoms with E-state index < -0.39 is 6.17 Å². The number of carbonyl (C=O) groups is 1. The minimum atomic E-state index is -0.988. The summed E-state index contributed by atoms with van der Waals surface area (Å²) in [6.45, 7) is 2.77. The molecular formula is C14H17FO2. The van der Waals surface area contributed by atoms with Crippen LogP contribution < -0.4 is 0 Å². The number of halogens is 1. The summed E-state index contributed by atoms with van der Waals surface area (Å²) in [5.41, 5.74) is 1.20. The van der Waals surface area contributed by atoms with Gasteiger partial charge in [-0.1, -0.05) is 18.2 Å². The molecule has 1 atom stereocenters. The van der Waals surface area contributed by atoms with E-state index in [1.165, 1.54) is 6.92 Å². The Labute approximate surface area is 101 Å². The van der Waals surface area contributed by atoms with Crippen LogP contribution >= 0.6 is 0 Å². The lowest BCUT2D eigenvalue weighted by atomic mass is 9.89. The molecule has 0 bridgehead atoms. The minimum Gasteiger partial charge on any atom is -0.381 e. The highest BCUT2D eigenvalue weighted by Crippen LogP contribution is 2.33. The lowest BCUT2D eigenvalue weighted by Crippen LogP contribution is -2.20. The van der Waals surface area contributed by atoms with E-state index in [9.17, 15) is 9.18 Å². The van der Waals surface area contributed by atoms with Crippen LogP contribution in [0.2, 0.25) is 0 Å². The zero-order chi connectivity index (χ0) is 12.3. The van der Waals surface area contributed by atoms with Gasteiger partial charge in [-0.25, -0.2) is 4.39 Å². The van der Waals surface area contributed by atoms with Crippen LogP contribution in [0.3, 0.4) is 0 Å². The van der Waals surface area contributed by atoms with E-state index >= 15 is 0 Å². The Morgan fingerprint density at radius 2 is 2.12 bits per heavy atom. The molecule has 3 heteroatoms. The Kier molecular flexibility index (Phi) is 3.89. The van der Waals surface area contributed by atoms with E-state index in [0.29, 0.717) is 24.3 Å². The number of Topliss-reactive ketones (excluding diaryl/α,β-unsaturated/α-hetero) is 1. The summed E-state index contributed by atoms with van der Waals surface area (Å²) >= 11 is 0. The van der Waals surface area contributed by atoms with Crippen LogP contribution in [0.1, 0.15) is 41.9 Å². The number of hydrogen-bond donors (Lipinski definition) is 0. The van der Waals surface area contributed by atoms with Gasteiger partial charge in [-0.3, -0.25) is 4.79 Å². The van der Waals surface area contributed by atoms with Gasteiger partial charge in [0.2, 0.25) is 0 Å². The van der Waals surface area contributed by atoms with Gasteiger partial charge in [-0.2, -0.15) is 0 Å². The fourth-order valence-electron chi connectivity index (χ4n) is 2.21. The Morgan fingerprint density at radius 1 is 1.41 bits per heavy atom. The molecule has 1 aliphatic heterocycles. The van der Waals surface area contributed by atoms with Gasteiger partial charge in [0, 0.05) is 18.8 Å². The number of hydrogen-bond acceptors (Lipinski definition) is 2. The molecule has 2 nitrogen and oxygen atoms in total. The van der Waals surface area contributed by atoms with E-state index in [2.05, 4.69) is 0 Å². The summed E-state index contributed by atoms with van der Waals surface area (Å²) in [5.74, 6) is -0.00279. The predicted octanol–water partition coefficient (Wildman–Crippen LogP) is 3.33. The van der Waals surface area contributed by atoms with Gasteiger partial charge in [-0.15, -0.1) is 0 Å². The normalized spacial score (nSPS) is 18.9. The van der Waals surface area contributed by atoms with Crippen LogP contribution in [0.25, 0.3) is 0 Å². The molecule has 2 rings (SSSR count). The van der Waals surface area contributed by atoms with Gasteiger partial charge < -0.3 is 4.74 Å². The number of ketones is 1. The third kappa shape index (κ3) is 2.91. The average molecular weight is 236 g/mol. The van der Waals surface area contributed by atoms with Crippen LogP contribution in [0.15, 0.2) is 24.3 Å². The summed E-state index contributed by atoms with van der Waals surface area (Å²) in [6, 6.07) is 6.90. The second-order valence-corrected chi connectivity index (χ2v) is 4.53. The molecule has 0 aliphatic carbocycles. The lowest BCUT2D eigenvalue weighted by molar-refractivity contribution is 0.0365. The van der Waals surface area contributed by atoms with Crippen molar-refractivity contribution in [1.82, 2.24) is 0 Å².